The highest BCUT2D eigenvalue weighted by Crippen LogP contribution is 2.41. The maximum Gasteiger partial charge on any atom is 0.237 e. The molecule has 1 aliphatic rings. The third-order valence-electron chi connectivity index (χ3n) is 4.00. The summed E-state index contributed by atoms with van der Waals surface area (Å²) in [5.74, 6) is 0.756. The highest BCUT2D eigenvalue weighted by molar-refractivity contribution is 9.09. The number of halogens is 1. The molecule has 1 aliphatic heterocycles. The van der Waals surface area contributed by atoms with E-state index in [0.29, 0.717) is 5.92 Å². The number of anilines is 1. The van der Waals surface area contributed by atoms with Gasteiger partial charge < -0.3 is 4.90 Å². The van der Waals surface area contributed by atoms with Gasteiger partial charge in [-0.3, -0.25) is 4.79 Å². The molecule has 104 valence electrons. The van der Waals surface area contributed by atoms with E-state index in [9.17, 15) is 4.79 Å². The first-order chi connectivity index (χ1) is 9.02. The van der Waals surface area contributed by atoms with Gasteiger partial charge in [-0.05, 0) is 37.8 Å². The molecule has 0 aliphatic carbocycles. The summed E-state index contributed by atoms with van der Waals surface area (Å²) in [6, 6.07) is 8.18. The lowest BCUT2D eigenvalue weighted by Gasteiger charge is -2.24. The minimum atomic E-state index is -0.389. The summed E-state index contributed by atoms with van der Waals surface area (Å²) in [7, 11) is 0. The Labute approximate surface area is 124 Å². The molecule has 1 unspecified atom stereocenters. The first kappa shape index (κ1) is 14.6. The molecule has 1 aromatic rings. The van der Waals surface area contributed by atoms with Crippen LogP contribution in [0.2, 0.25) is 0 Å². The predicted molar refractivity (Wildman–Crippen MR) is 84.0 cm³/mol. The smallest absolute Gasteiger partial charge is 0.237 e. The lowest BCUT2D eigenvalue weighted by molar-refractivity contribution is -0.122. The molecule has 0 saturated carbocycles. The monoisotopic (exact) mass is 323 g/mol. The van der Waals surface area contributed by atoms with Crippen LogP contribution in [0.5, 0.6) is 0 Å². The zero-order valence-corrected chi connectivity index (χ0v) is 13.5. The number of alkyl halides is 1. The standard InChI is InChI=1S/C16H22BrNO/c1-4-7-12(10-17)11-18-14-9-6-5-8-13(14)16(2,3)15(18)19/h5-6,8-9,12H,4,7,10-11H2,1-3H3. The summed E-state index contributed by atoms with van der Waals surface area (Å²) in [6.45, 7) is 7.06. The Morgan fingerprint density at radius 1 is 1.32 bits per heavy atom. The number of benzene rings is 1. The van der Waals surface area contributed by atoms with Crippen LogP contribution in [0, 0.1) is 5.92 Å². The molecule has 1 atom stereocenters. The number of rotatable bonds is 5. The van der Waals surface area contributed by atoms with Gasteiger partial charge in [-0.1, -0.05) is 47.5 Å². The fourth-order valence-electron chi connectivity index (χ4n) is 2.86. The van der Waals surface area contributed by atoms with E-state index in [0.717, 1.165) is 36.0 Å². The van der Waals surface area contributed by atoms with Crippen LogP contribution in [0.4, 0.5) is 5.69 Å². The maximum absolute atomic E-state index is 12.7. The molecule has 1 aromatic carbocycles. The third kappa shape index (κ3) is 2.58. The predicted octanol–water partition coefficient (Wildman–Crippen LogP) is 4.12. The van der Waals surface area contributed by atoms with Gasteiger partial charge in [-0.2, -0.15) is 0 Å². The Morgan fingerprint density at radius 3 is 2.63 bits per heavy atom. The second-order valence-electron chi connectivity index (χ2n) is 5.87. The average Bonchev–Trinajstić information content (AvgIpc) is 2.60. The molecule has 1 heterocycles. The zero-order chi connectivity index (χ0) is 14.0. The number of para-hydroxylation sites is 1. The van der Waals surface area contributed by atoms with E-state index < -0.39 is 0 Å². The van der Waals surface area contributed by atoms with Gasteiger partial charge in [-0.25, -0.2) is 0 Å². The number of carbonyl (C=O) groups excluding carboxylic acids is 1. The van der Waals surface area contributed by atoms with Gasteiger partial charge in [0.1, 0.15) is 0 Å². The number of hydrogen-bond donors (Lipinski definition) is 0. The van der Waals surface area contributed by atoms with Crippen LogP contribution in [0.3, 0.4) is 0 Å². The molecule has 0 bridgehead atoms. The van der Waals surface area contributed by atoms with Gasteiger partial charge in [0.2, 0.25) is 5.91 Å². The molecule has 2 rings (SSSR count). The Bertz CT molecular complexity index is 470. The molecule has 0 saturated heterocycles. The second kappa shape index (κ2) is 5.66. The number of carbonyl (C=O) groups is 1. The van der Waals surface area contributed by atoms with Crippen molar-refractivity contribution in [2.45, 2.75) is 39.0 Å². The minimum Gasteiger partial charge on any atom is -0.311 e. The summed E-state index contributed by atoms with van der Waals surface area (Å²) in [4.78, 5) is 14.6. The molecular weight excluding hydrogens is 302 g/mol. The zero-order valence-electron chi connectivity index (χ0n) is 11.9. The van der Waals surface area contributed by atoms with Crippen molar-refractivity contribution >= 4 is 27.5 Å². The molecule has 3 heteroatoms. The lowest BCUT2D eigenvalue weighted by atomic mass is 9.86. The van der Waals surface area contributed by atoms with E-state index in [2.05, 4.69) is 35.0 Å². The summed E-state index contributed by atoms with van der Waals surface area (Å²) in [5, 5.41) is 0.952. The molecule has 0 radical (unpaired) electrons. The fourth-order valence-corrected chi connectivity index (χ4v) is 3.39. The Hall–Kier alpha value is -0.830. The van der Waals surface area contributed by atoms with E-state index >= 15 is 0 Å². The Morgan fingerprint density at radius 2 is 2.00 bits per heavy atom. The molecule has 2 nitrogen and oxygen atoms in total. The first-order valence-corrected chi connectivity index (χ1v) is 8.12. The van der Waals surface area contributed by atoms with Crippen LogP contribution in [-0.2, 0) is 10.2 Å². The molecular formula is C16H22BrNO. The Kier molecular flexibility index (Phi) is 4.34. The number of hydrogen-bond acceptors (Lipinski definition) is 1. The SMILES string of the molecule is CCCC(CBr)CN1C(=O)C(C)(C)c2ccccc21. The summed E-state index contributed by atoms with van der Waals surface area (Å²) < 4.78 is 0. The van der Waals surface area contributed by atoms with Crippen molar-refractivity contribution in [1.82, 2.24) is 0 Å². The Balaban J connectivity index is 2.29. The number of amides is 1. The molecule has 0 N–H and O–H groups in total. The van der Waals surface area contributed by atoms with Crippen molar-refractivity contribution in [3.8, 4) is 0 Å². The van der Waals surface area contributed by atoms with E-state index in [4.69, 9.17) is 0 Å². The van der Waals surface area contributed by atoms with E-state index in [1.165, 1.54) is 0 Å². The number of nitrogens with zero attached hydrogens (tertiary/aromatic N) is 1. The van der Waals surface area contributed by atoms with Gasteiger partial charge in [0.25, 0.3) is 0 Å². The summed E-state index contributed by atoms with van der Waals surface area (Å²) in [5.41, 5.74) is 1.86. The third-order valence-corrected chi connectivity index (χ3v) is 4.92. The summed E-state index contributed by atoms with van der Waals surface area (Å²) in [6.07, 6.45) is 2.31. The quantitative estimate of drug-likeness (QED) is 0.746. The molecule has 1 amide bonds. The van der Waals surface area contributed by atoms with Gasteiger partial charge in [0.05, 0.1) is 5.41 Å². The first-order valence-electron chi connectivity index (χ1n) is 6.99. The fraction of sp³-hybridized carbons (Fsp3) is 0.562. The maximum atomic E-state index is 12.7. The van der Waals surface area contributed by atoms with E-state index in [-0.39, 0.29) is 11.3 Å². The van der Waals surface area contributed by atoms with Crippen LogP contribution in [0.25, 0.3) is 0 Å². The van der Waals surface area contributed by atoms with Crippen molar-refractivity contribution < 1.29 is 4.79 Å². The number of fused-ring (bicyclic) bond motifs is 1. The van der Waals surface area contributed by atoms with Gasteiger partial charge >= 0.3 is 0 Å². The summed E-state index contributed by atoms with van der Waals surface area (Å²) >= 11 is 3.57. The van der Waals surface area contributed by atoms with Gasteiger partial charge in [0, 0.05) is 17.6 Å². The van der Waals surface area contributed by atoms with Gasteiger partial charge in [0.15, 0.2) is 0 Å². The normalized spacial score (nSPS) is 18.5. The van der Waals surface area contributed by atoms with E-state index in [1.54, 1.807) is 0 Å². The largest absolute Gasteiger partial charge is 0.311 e. The highest BCUT2D eigenvalue weighted by atomic mass is 79.9. The van der Waals surface area contributed by atoms with Crippen molar-refractivity contribution in [2.75, 3.05) is 16.8 Å². The highest BCUT2D eigenvalue weighted by Gasteiger charge is 2.43. The molecule has 0 aromatic heterocycles. The lowest BCUT2D eigenvalue weighted by Crippen LogP contribution is -2.39. The topological polar surface area (TPSA) is 20.3 Å². The van der Waals surface area contributed by atoms with Gasteiger partial charge in [-0.15, -0.1) is 0 Å². The van der Waals surface area contributed by atoms with Crippen molar-refractivity contribution in [3.63, 3.8) is 0 Å². The van der Waals surface area contributed by atoms with Crippen molar-refractivity contribution in [3.05, 3.63) is 29.8 Å². The van der Waals surface area contributed by atoms with Crippen LogP contribution in [-0.4, -0.2) is 17.8 Å². The average molecular weight is 324 g/mol. The second-order valence-corrected chi connectivity index (χ2v) is 6.51. The van der Waals surface area contributed by atoms with E-state index in [1.807, 2.05) is 30.9 Å². The molecule has 0 fully saturated rings. The van der Waals surface area contributed by atoms with Crippen LogP contribution in [0.15, 0.2) is 24.3 Å². The molecule has 0 spiro atoms. The van der Waals surface area contributed by atoms with Crippen molar-refractivity contribution in [2.24, 2.45) is 5.92 Å². The van der Waals surface area contributed by atoms with Crippen molar-refractivity contribution in [1.29, 1.82) is 0 Å². The minimum absolute atomic E-state index is 0.232. The van der Waals surface area contributed by atoms with Crippen LogP contribution >= 0.6 is 15.9 Å². The molecule has 19 heavy (non-hydrogen) atoms. The van der Waals surface area contributed by atoms with Crippen LogP contribution in [0.1, 0.15) is 39.2 Å². The van der Waals surface area contributed by atoms with Crippen LogP contribution < -0.4 is 4.90 Å².